The summed E-state index contributed by atoms with van der Waals surface area (Å²) in [6.07, 6.45) is 0. The van der Waals surface area contributed by atoms with E-state index in [1.54, 1.807) is 0 Å². The van der Waals surface area contributed by atoms with Gasteiger partial charge in [-0.15, -0.1) is 0 Å². The van der Waals surface area contributed by atoms with Crippen LogP contribution in [0.15, 0.2) is 24.2 Å². The molecule has 0 N–H and O–H groups in total. The van der Waals surface area contributed by atoms with E-state index in [4.69, 9.17) is 2.74 Å². The highest BCUT2D eigenvalue weighted by Crippen LogP contribution is 2.11. The van der Waals surface area contributed by atoms with Gasteiger partial charge >= 0.3 is 0 Å². The lowest BCUT2D eigenvalue weighted by molar-refractivity contribution is -0.384. The highest BCUT2D eigenvalue weighted by Gasteiger charge is 2.05. The lowest BCUT2D eigenvalue weighted by Crippen LogP contribution is -1.92. The Hall–Kier alpha value is -1.71. The number of hydrogen-bond donors (Lipinski definition) is 0. The van der Waals surface area contributed by atoms with Crippen LogP contribution < -0.4 is 0 Å². The Bertz CT molecular complexity index is 394. The zero-order valence-electron chi connectivity index (χ0n) is 8.33. The molecule has 0 atom stereocenters. The summed E-state index contributed by atoms with van der Waals surface area (Å²) in [4.78, 5) is 20.6. The van der Waals surface area contributed by atoms with E-state index in [-0.39, 0.29) is 23.3 Å². The highest BCUT2D eigenvalue weighted by molar-refractivity contribution is 5.94. The van der Waals surface area contributed by atoms with E-state index < -0.39 is 10.7 Å². The number of Topliss-reactive ketones (excluding diaryl/α,β-unsaturated/α-hetero) is 1. The van der Waals surface area contributed by atoms with Gasteiger partial charge < -0.3 is 0 Å². The van der Waals surface area contributed by atoms with Crippen molar-refractivity contribution in [3.05, 3.63) is 39.9 Å². The van der Waals surface area contributed by atoms with Gasteiger partial charge in [0.05, 0.1) is 7.66 Å². The van der Waals surface area contributed by atoms with Crippen molar-refractivity contribution in [2.75, 3.05) is 0 Å². The Balaban J connectivity index is 3.39. The maximum atomic E-state index is 11.0. The lowest BCUT2D eigenvalue weighted by atomic mass is 10.1. The molecule has 0 saturated carbocycles. The fourth-order valence-electron chi connectivity index (χ4n) is 0.684. The minimum atomic E-state index is -0.694. The first-order valence-electron chi connectivity index (χ1n) is 4.20. The van der Waals surface area contributed by atoms with E-state index in [9.17, 15) is 14.9 Å². The van der Waals surface area contributed by atoms with Crippen LogP contribution in [0.5, 0.6) is 0 Å². The van der Waals surface area contributed by atoms with Crippen LogP contribution in [0.2, 0.25) is 0 Å². The zero-order chi connectivity index (χ0) is 10.9. The second-order valence-corrected chi connectivity index (χ2v) is 2.19. The maximum Gasteiger partial charge on any atom is 0.269 e. The molecule has 0 saturated heterocycles. The van der Waals surface area contributed by atoms with E-state index in [1.165, 1.54) is 6.92 Å². The van der Waals surface area contributed by atoms with Crippen LogP contribution >= 0.6 is 0 Å². The van der Waals surface area contributed by atoms with E-state index in [1.807, 2.05) is 0 Å². The summed E-state index contributed by atoms with van der Waals surface area (Å²) in [6.45, 7) is 1.22. The first-order valence-corrected chi connectivity index (χ1v) is 3.20. The standard InChI is InChI=1S/C8H7NO3/c1-6(10)7-2-4-8(5-3-7)9(11)12/h2-5H,1H3/i2D,3D. The van der Waals surface area contributed by atoms with Gasteiger partial charge in [0.2, 0.25) is 0 Å². The largest absolute Gasteiger partial charge is 0.295 e. The van der Waals surface area contributed by atoms with Crippen LogP contribution in [-0.2, 0) is 0 Å². The van der Waals surface area contributed by atoms with Crippen molar-refractivity contribution >= 4 is 11.5 Å². The molecule has 12 heavy (non-hydrogen) atoms. The molecule has 0 aliphatic heterocycles. The van der Waals surface area contributed by atoms with E-state index in [0.29, 0.717) is 0 Å². The quantitative estimate of drug-likeness (QED) is 0.383. The van der Waals surface area contributed by atoms with Crippen molar-refractivity contribution in [1.82, 2.24) is 0 Å². The molecule has 0 aromatic heterocycles. The van der Waals surface area contributed by atoms with Crippen LogP contribution in [0.1, 0.15) is 20.0 Å². The molecular weight excluding hydrogens is 158 g/mol. The fourth-order valence-corrected chi connectivity index (χ4v) is 0.684. The third-order valence-electron chi connectivity index (χ3n) is 1.29. The van der Waals surface area contributed by atoms with Crippen molar-refractivity contribution in [2.24, 2.45) is 0 Å². The predicted molar refractivity (Wildman–Crippen MR) is 43.1 cm³/mol. The Morgan fingerprint density at radius 2 is 2.08 bits per heavy atom. The van der Waals surface area contributed by atoms with Gasteiger partial charge in [-0.1, -0.05) is 0 Å². The number of nitrogens with zero attached hydrogens (tertiary/aromatic N) is 1. The van der Waals surface area contributed by atoms with Gasteiger partial charge in [0, 0.05) is 17.7 Å². The van der Waals surface area contributed by atoms with Crippen LogP contribution in [-0.4, -0.2) is 10.7 Å². The second-order valence-electron chi connectivity index (χ2n) is 2.19. The minimum absolute atomic E-state index is 0.0874. The number of benzene rings is 1. The SMILES string of the molecule is [2H]c1cc([N+](=O)[O-])cc([2H])c1C(C)=O. The minimum Gasteiger partial charge on any atom is -0.295 e. The number of rotatable bonds is 2. The highest BCUT2D eigenvalue weighted by atomic mass is 16.6. The molecule has 0 unspecified atom stereocenters. The van der Waals surface area contributed by atoms with Gasteiger partial charge in [0.25, 0.3) is 5.69 Å². The number of nitro groups is 1. The predicted octanol–water partition coefficient (Wildman–Crippen LogP) is 1.80. The Morgan fingerprint density at radius 3 is 2.42 bits per heavy atom. The summed E-state index contributed by atoms with van der Waals surface area (Å²) in [5.74, 6) is -0.435. The van der Waals surface area contributed by atoms with Crippen molar-refractivity contribution < 1.29 is 12.5 Å². The molecule has 4 heteroatoms. The zero-order valence-corrected chi connectivity index (χ0v) is 6.33. The maximum absolute atomic E-state index is 11.0. The van der Waals surface area contributed by atoms with Gasteiger partial charge in [-0.25, -0.2) is 0 Å². The van der Waals surface area contributed by atoms with Crippen LogP contribution in [0.25, 0.3) is 0 Å². The van der Waals surface area contributed by atoms with Gasteiger partial charge in [-0.3, -0.25) is 14.9 Å². The van der Waals surface area contributed by atoms with E-state index >= 15 is 0 Å². The number of hydrogen-bond acceptors (Lipinski definition) is 3. The van der Waals surface area contributed by atoms with Crippen molar-refractivity contribution in [1.29, 1.82) is 0 Å². The molecule has 0 amide bonds. The Kier molecular flexibility index (Phi) is 1.53. The first kappa shape index (κ1) is 5.88. The molecule has 0 aliphatic carbocycles. The molecule has 1 aromatic carbocycles. The average molecular weight is 167 g/mol. The fraction of sp³-hybridized carbons (Fsp3) is 0.125. The molecule has 1 aromatic rings. The summed E-state index contributed by atoms with van der Waals surface area (Å²) >= 11 is 0. The van der Waals surface area contributed by atoms with Gasteiger partial charge in [-0.2, -0.15) is 0 Å². The topological polar surface area (TPSA) is 60.2 Å². The van der Waals surface area contributed by atoms with Crippen molar-refractivity contribution in [3.8, 4) is 0 Å². The molecule has 0 fully saturated rings. The third-order valence-corrected chi connectivity index (χ3v) is 1.29. The monoisotopic (exact) mass is 167 g/mol. The van der Waals surface area contributed by atoms with Crippen molar-refractivity contribution in [3.63, 3.8) is 0 Å². The average Bonchev–Trinajstić information content (AvgIpc) is 2.01. The normalized spacial score (nSPS) is 11.8. The Labute approximate surface area is 71.8 Å². The number of non-ortho nitro benzene ring substituents is 1. The molecule has 0 heterocycles. The second kappa shape index (κ2) is 3.13. The number of ketones is 1. The summed E-state index contributed by atoms with van der Waals surface area (Å²) in [5, 5.41) is 10.3. The van der Waals surface area contributed by atoms with Crippen molar-refractivity contribution in [2.45, 2.75) is 6.92 Å². The summed E-state index contributed by atoms with van der Waals surface area (Å²) in [5.41, 5.74) is -0.430. The summed E-state index contributed by atoms with van der Waals surface area (Å²) in [6, 6.07) is 1.37. The van der Waals surface area contributed by atoms with E-state index in [0.717, 1.165) is 12.1 Å². The third kappa shape index (κ3) is 1.66. The molecule has 0 radical (unpaired) electrons. The number of carbonyl (C=O) groups excluding carboxylic acids is 1. The molecule has 62 valence electrons. The number of carbonyl (C=O) groups is 1. The molecule has 0 aliphatic rings. The van der Waals surface area contributed by atoms with Crippen LogP contribution in [0.3, 0.4) is 0 Å². The molecule has 0 bridgehead atoms. The van der Waals surface area contributed by atoms with Gasteiger partial charge in [0.15, 0.2) is 5.78 Å². The van der Waals surface area contributed by atoms with E-state index in [2.05, 4.69) is 0 Å². The summed E-state index contributed by atoms with van der Waals surface area (Å²) < 4.78 is 14.7. The molecule has 0 spiro atoms. The molecule has 4 nitrogen and oxygen atoms in total. The molecule has 1 rings (SSSR count). The molecular formula is C8H7NO3. The smallest absolute Gasteiger partial charge is 0.269 e. The lowest BCUT2D eigenvalue weighted by Gasteiger charge is -1.93. The van der Waals surface area contributed by atoms with Gasteiger partial charge in [-0.05, 0) is 19.0 Å². The van der Waals surface area contributed by atoms with Crippen LogP contribution in [0.4, 0.5) is 5.69 Å². The first-order chi connectivity index (χ1) is 6.43. The number of nitro benzene ring substituents is 1. The van der Waals surface area contributed by atoms with Gasteiger partial charge in [0.1, 0.15) is 0 Å². The van der Waals surface area contributed by atoms with Crippen LogP contribution in [0, 0.1) is 10.1 Å². The summed E-state index contributed by atoms with van der Waals surface area (Å²) in [7, 11) is 0. The Morgan fingerprint density at radius 1 is 1.58 bits per heavy atom.